The van der Waals surface area contributed by atoms with Gasteiger partial charge in [0.1, 0.15) is 0 Å². The highest BCUT2D eigenvalue weighted by Gasteiger charge is 2.06. The molecular formula is C12H30S. The highest BCUT2D eigenvalue weighted by atomic mass is 32.2. The Kier molecular flexibility index (Phi) is 26.6. The third kappa shape index (κ3) is 19.0. The van der Waals surface area contributed by atoms with Gasteiger partial charge in [0.25, 0.3) is 0 Å². The molecule has 0 saturated carbocycles. The van der Waals surface area contributed by atoms with Gasteiger partial charge in [-0.3, -0.25) is 0 Å². The third-order valence-electron chi connectivity index (χ3n) is 1.82. The van der Waals surface area contributed by atoms with Crippen LogP contribution in [-0.2, 0) is 0 Å². The van der Waals surface area contributed by atoms with Gasteiger partial charge in [-0.25, -0.2) is 0 Å². The fourth-order valence-corrected chi connectivity index (χ4v) is 1.22. The Morgan fingerprint density at radius 2 is 1.31 bits per heavy atom. The quantitative estimate of drug-likeness (QED) is 0.609. The van der Waals surface area contributed by atoms with E-state index in [1.54, 1.807) is 0 Å². The Hall–Kier alpha value is 0.350. The molecule has 0 aliphatic rings. The zero-order valence-electron chi connectivity index (χ0n) is 11.0. The molecule has 1 heteroatoms. The average molecular weight is 206 g/mol. The molecule has 0 nitrogen and oxygen atoms in total. The summed E-state index contributed by atoms with van der Waals surface area (Å²) in [5.41, 5.74) is 0. The van der Waals surface area contributed by atoms with Gasteiger partial charge < -0.3 is 0 Å². The molecule has 0 heterocycles. The largest absolute Gasteiger partial charge is 0.162 e. The third-order valence-corrected chi connectivity index (χ3v) is 3.03. The summed E-state index contributed by atoms with van der Waals surface area (Å²) >= 11 is 1.96. The molecular weight excluding hydrogens is 176 g/mol. The number of hydrogen-bond acceptors (Lipinski definition) is 1. The summed E-state index contributed by atoms with van der Waals surface area (Å²) in [4.78, 5) is 0. The zero-order valence-corrected chi connectivity index (χ0v) is 11.8. The number of rotatable bonds is 3. The fourth-order valence-electron chi connectivity index (χ4n) is 0.564. The maximum atomic E-state index is 2.31. The standard InChI is InChI=1S/C7H16S.C3H8.C2H6/c1-5-6(2)7(3)8-4;1-3-2;1-2/h6-7H,5H2,1-4H3;3H2,1-2H3;1-2H3. The van der Waals surface area contributed by atoms with Crippen LogP contribution < -0.4 is 0 Å². The van der Waals surface area contributed by atoms with Crippen molar-refractivity contribution in [2.75, 3.05) is 6.26 Å². The van der Waals surface area contributed by atoms with Gasteiger partial charge in [-0.1, -0.05) is 61.3 Å². The maximum Gasteiger partial charge on any atom is 0.00414 e. The van der Waals surface area contributed by atoms with Crippen LogP contribution in [0.3, 0.4) is 0 Å². The van der Waals surface area contributed by atoms with E-state index < -0.39 is 0 Å². The SMILES string of the molecule is CC.CCC.CCC(C)C(C)SC. The molecule has 0 bridgehead atoms. The maximum absolute atomic E-state index is 2.31. The Morgan fingerprint density at radius 3 is 1.38 bits per heavy atom. The summed E-state index contributed by atoms with van der Waals surface area (Å²) in [6, 6.07) is 0. The van der Waals surface area contributed by atoms with E-state index in [-0.39, 0.29) is 0 Å². The van der Waals surface area contributed by atoms with E-state index in [0.29, 0.717) is 0 Å². The van der Waals surface area contributed by atoms with Crippen molar-refractivity contribution >= 4 is 11.8 Å². The normalized spacial score (nSPS) is 12.9. The molecule has 0 aromatic carbocycles. The molecule has 0 fully saturated rings. The molecule has 0 N–H and O–H groups in total. The molecule has 0 aliphatic heterocycles. The van der Waals surface area contributed by atoms with Gasteiger partial charge in [-0.15, -0.1) is 0 Å². The Balaban J connectivity index is -0.000000169. The molecule has 84 valence electrons. The van der Waals surface area contributed by atoms with Crippen molar-refractivity contribution in [2.45, 2.75) is 66.6 Å². The highest BCUT2D eigenvalue weighted by molar-refractivity contribution is 7.99. The lowest BCUT2D eigenvalue weighted by molar-refractivity contribution is 0.558. The second-order valence-corrected chi connectivity index (χ2v) is 4.25. The van der Waals surface area contributed by atoms with E-state index in [4.69, 9.17) is 0 Å². The molecule has 0 radical (unpaired) electrons. The van der Waals surface area contributed by atoms with Crippen molar-refractivity contribution in [3.8, 4) is 0 Å². The van der Waals surface area contributed by atoms with E-state index in [9.17, 15) is 0 Å². The molecule has 0 spiro atoms. The zero-order chi connectivity index (χ0) is 11.3. The first-order valence-electron chi connectivity index (χ1n) is 5.66. The molecule has 13 heavy (non-hydrogen) atoms. The molecule has 0 aromatic rings. The second-order valence-electron chi connectivity index (χ2n) is 3.03. The van der Waals surface area contributed by atoms with Gasteiger partial charge >= 0.3 is 0 Å². The van der Waals surface area contributed by atoms with Gasteiger partial charge in [0.2, 0.25) is 0 Å². The van der Waals surface area contributed by atoms with Crippen molar-refractivity contribution < 1.29 is 0 Å². The van der Waals surface area contributed by atoms with Gasteiger partial charge in [0.05, 0.1) is 0 Å². The number of hydrogen-bond donors (Lipinski definition) is 0. The second kappa shape index (κ2) is 18.2. The van der Waals surface area contributed by atoms with E-state index in [0.717, 1.165) is 11.2 Å². The lowest BCUT2D eigenvalue weighted by Crippen LogP contribution is -2.07. The van der Waals surface area contributed by atoms with Crippen molar-refractivity contribution in [2.24, 2.45) is 5.92 Å². The molecule has 0 amide bonds. The topological polar surface area (TPSA) is 0 Å². The van der Waals surface area contributed by atoms with Gasteiger partial charge in [0, 0.05) is 5.25 Å². The van der Waals surface area contributed by atoms with Crippen LogP contribution in [0.15, 0.2) is 0 Å². The average Bonchev–Trinajstić information content (AvgIpc) is 2.19. The van der Waals surface area contributed by atoms with E-state index in [2.05, 4.69) is 40.9 Å². The van der Waals surface area contributed by atoms with Crippen molar-refractivity contribution in [3.05, 3.63) is 0 Å². The Labute approximate surface area is 90.9 Å². The predicted molar refractivity (Wildman–Crippen MR) is 69.7 cm³/mol. The monoisotopic (exact) mass is 206 g/mol. The summed E-state index contributed by atoms with van der Waals surface area (Å²) in [6.45, 7) is 15.1. The van der Waals surface area contributed by atoms with Crippen LogP contribution in [0.2, 0.25) is 0 Å². The lowest BCUT2D eigenvalue weighted by atomic mass is 10.1. The number of thioether (sulfide) groups is 1. The highest BCUT2D eigenvalue weighted by Crippen LogP contribution is 2.17. The molecule has 2 atom stereocenters. The van der Waals surface area contributed by atoms with Crippen LogP contribution in [-0.4, -0.2) is 11.5 Å². The van der Waals surface area contributed by atoms with Gasteiger partial charge in [-0.2, -0.15) is 11.8 Å². The minimum absolute atomic E-state index is 0.833. The molecule has 0 aliphatic carbocycles. The van der Waals surface area contributed by atoms with Crippen LogP contribution >= 0.6 is 11.8 Å². The first-order chi connectivity index (χ1) is 6.13. The summed E-state index contributed by atoms with van der Waals surface area (Å²) in [7, 11) is 0. The van der Waals surface area contributed by atoms with E-state index in [1.807, 2.05) is 25.6 Å². The summed E-state index contributed by atoms with van der Waals surface area (Å²) in [6.07, 6.45) is 4.73. The summed E-state index contributed by atoms with van der Waals surface area (Å²) in [5.74, 6) is 0.880. The summed E-state index contributed by atoms with van der Waals surface area (Å²) < 4.78 is 0. The minimum atomic E-state index is 0.833. The van der Waals surface area contributed by atoms with Crippen molar-refractivity contribution in [1.82, 2.24) is 0 Å². The van der Waals surface area contributed by atoms with E-state index >= 15 is 0 Å². The van der Waals surface area contributed by atoms with Crippen LogP contribution in [0.4, 0.5) is 0 Å². The molecule has 2 unspecified atom stereocenters. The van der Waals surface area contributed by atoms with Crippen LogP contribution in [0.5, 0.6) is 0 Å². The fraction of sp³-hybridized carbons (Fsp3) is 1.00. The van der Waals surface area contributed by atoms with Crippen LogP contribution in [0.25, 0.3) is 0 Å². The predicted octanol–water partition coefficient (Wildman–Crippen LogP) is 5.23. The van der Waals surface area contributed by atoms with Crippen molar-refractivity contribution in [3.63, 3.8) is 0 Å². The molecule has 0 saturated heterocycles. The first-order valence-corrected chi connectivity index (χ1v) is 6.95. The Morgan fingerprint density at radius 1 is 1.00 bits per heavy atom. The minimum Gasteiger partial charge on any atom is -0.162 e. The summed E-state index contributed by atoms with van der Waals surface area (Å²) in [5, 5.41) is 0.833. The van der Waals surface area contributed by atoms with Gasteiger partial charge in [-0.05, 0) is 12.2 Å². The van der Waals surface area contributed by atoms with Crippen molar-refractivity contribution in [1.29, 1.82) is 0 Å². The lowest BCUT2D eigenvalue weighted by Gasteiger charge is -2.14. The van der Waals surface area contributed by atoms with Crippen LogP contribution in [0.1, 0.15) is 61.3 Å². The molecule has 0 aromatic heterocycles. The van der Waals surface area contributed by atoms with Gasteiger partial charge in [0.15, 0.2) is 0 Å². The first kappa shape index (κ1) is 19.0. The Bertz CT molecular complexity index is 54.1. The van der Waals surface area contributed by atoms with E-state index in [1.165, 1.54) is 12.8 Å². The smallest absolute Gasteiger partial charge is 0.00414 e. The van der Waals surface area contributed by atoms with Crippen LogP contribution in [0, 0.1) is 5.92 Å². The molecule has 0 rings (SSSR count).